The van der Waals surface area contributed by atoms with Gasteiger partial charge in [0.25, 0.3) is 0 Å². The van der Waals surface area contributed by atoms with Crippen LogP contribution in [0.2, 0.25) is 0 Å². The van der Waals surface area contributed by atoms with Gasteiger partial charge in [0.15, 0.2) is 6.29 Å². The second kappa shape index (κ2) is 12.4. The predicted octanol–water partition coefficient (Wildman–Crippen LogP) is 3.83. The van der Waals surface area contributed by atoms with Crippen LogP contribution in [0.3, 0.4) is 0 Å². The smallest absolute Gasteiger partial charge is 0.155 e. The Labute approximate surface area is 118 Å². The van der Waals surface area contributed by atoms with E-state index in [1.807, 2.05) is 13.8 Å². The summed E-state index contributed by atoms with van der Waals surface area (Å²) in [5.41, 5.74) is 2.64. The van der Waals surface area contributed by atoms with Crippen LogP contribution in [-0.2, 0) is 9.47 Å². The Kier molecular flexibility index (Phi) is 12.0. The molecule has 0 rings (SSSR count). The number of aliphatic hydroxyl groups is 1. The topological polar surface area (TPSA) is 38.7 Å². The van der Waals surface area contributed by atoms with Gasteiger partial charge in [-0.05, 0) is 53.4 Å². The van der Waals surface area contributed by atoms with E-state index in [4.69, 9.17) is 14.6 Å². The third-order valence-corrected chi connectivity index (χ3v) is 2.83. The van der Waals surface area contributed by atoms with Crippen molar-refractivity contribution < 1.29 is 14.6 Å². The second-order valence-corrected chi connectivity index (χ2v) is 4.84. The summed E-state index contributed by atoms with van der Waals surface area (Å²) in [4.78, 5) is 0. The van der Waals surface area contributed by atoms with Gasteiger partial charge in [-0.2, -0.15) is 0 Å². The van der Waals surface area contributed by atoms with E-state index in [9.17, 15) is 0 Å². The van der Waals surface area contributed by atoms with Gasteiger partial charge in [-0.25, -0.2) is 0 Å². The monoisotopic (exact) mass is 270 g/mol. The molecule has 0 aromatic rings. The molecule has 0 aliphatic heterocycles. The molecule has 0 aliphatic carbocycles. The lowest BCUT2D eigenvalue weighted by Crippen LogP contribution is -2.13. The highest BCUT2D eigenvalue weighted by molar-refractivity contribution is 5.03. The predicted molar refractivity (Wildman–Crippen MR) is 80.1 cm³/mol. The first kappa shape index (κ1) is 18.4. The first-order chi connectivity index (χ1) is 9.10. The number of unbranched alkanes of at least 4 members (excludes halogenated alkanes) is 1. The van der Waals surface area contributed by atoms with E-state index in [0.717, 1.165) is 25.7 Å². The van der Waals surface area contributed by atoms with Crippen LogP contribution in [0, 0.1) is 0 Å². The number of ether oxygens (including phenoxy) is 2. The Morgan fingerprint density at radius 1 is 1.11 bits per heavy atom. The minimum atomic E-state index is -0.131. The molecule has 0 saturated heterocycles. The molecule has 0 amide bonds. The molecule has 1 atom stereocenters. The van der Waals surface area contributed by atoms with E-state index in [1.54, 1.807) is 0 Å². The number of rotatable bonds is 11. The van der Waals surface area contributed by atoms with E-state index < -0.39 is 0 Å². The van der Waals surface area contributed by atoms with Crippen LogP contribution in [0.25, 0.3) is 0 Å². The fourth-order valence-corrected chi connectivity index (χ4v) is 1.68. The molecule has 0 aromatic heterocycles. The van der Waals surface area contributed by atoms with E-state index in [1.165, 1.54) is 11.1 Å². The highest BCUT2D eigenvalue weighted by Crippen LogP contribution is 2.09. The molecule has 0 spiro atoms. The van der Waals surface area contributed by atoms with Crippen LogP contribution < -0.4 is 0 Å². The van der Waals surface area contributed by atoms with Crippen molar-refractivity contribution in [3.8, 4) is 0 Å². The summed E-state index contributed by atoms with van der Waals surface area (Å²) in [6, 6.07) is 0. The van der Waals surface area contributed by atoms with Gasteiger partial charge >= 0.3 is 0 Å². The Balaban J connectivity index is 3.77. The molecule has 112 valence electrons. The molecular weight excluding hydrogens is 240 g/mol. The molecule has 0 bridgehead atoms. The highest BCUT2D eigenvalue weighted by atomic mass is 16.7. The van der Waals surface area contributed by atoms with Gasteiger partial charge in [0, 0.05) is 13.2 Å². The maximum Gasteiger partial charge on any atom is 0.155 e. The highest BCUT2D eigenvalue weighted by Gasteiger charge is 2.00. The van der Waals surface area contributed by atoms with Crippen molar-refractivity contribution in [2.45, 2.75) is 59.7 Å². The van der Waals surface area contributed by atoms with Crippen LogP contribution in [0.4, 0.5) is 0 Å². The third kappa shape index (κ3) is 12.2. The molecule has 0 radical (unpaired) electrons. The van der Waals surface area contributed by atoms with Crippen molar-refractivity contribution in [3.05, 3.63) is 23.3 Å². The Hall–Kier alpha value is -0.640. The summed E-state index contributed by atoms with van der Waals surface area (Å²) < 4.78 is 10.9. The van der Waals surface area contributed by atoms with Crippen LogP contribution in [-0.4, -0.2) is 31.2 Å². The average Bonchev–Trinajstić information content (AvgIpc) is 2.37. The first-order valence-electron chi connectivity index (χ1n) is 7.25. The summed E-state index contributed by atoms with van der Waals surface area (Å²) in [5.74, 6) is 0. The molecule has 1 N–H and O–H groups in total. The van der Waals surface area contributed by atoms with Crippen molar-refractivity contribution in [3.63, 3.8) is 0 Å². The Morgan fingerprint density at radius 2 is 1.79 bits per heavy atom. The fraction of sp³-hybridized carbons (Fsp3) is 0.750. The normalized spacial score (nSPS) is 14.8. The van der Waals surface area contributed by atoms with E-state index in [0.29, 0.717) is 13.2 Å². The minimum Gasteiger partial charge on any atom is -0.396 e. The molecule has 0 aromatic carbocycles. The number of hydrogen-bond acceptors (Lipinski definition) is 3. The first-order valence-corrected chi connectivity index (χ1v) is 7.25. The van der Waals surface area contributed by atoms with E-state index in [-0.39, 0.29) is 12.9 Å². The average molecular weight is 270 g/mol. The fourth-order valence-electron chi connectivity index (χ4n) is 1.68. The third-order valence-electron chi connectivity index (χ3n) is 2.83. The summed E-state index contributed by atoms with van der Waals surface area (Å²) >= 11 is 0. The molecule has 3 heteroatoms. The zero-order valence-corrected chi connectivity index (χ0v) is 12.9. The minimum absolute atomic E-state index is 0.131. The molecule has 0 heterocycles. The Bertz CT molecular complexity index is 269. The molecule has 19 heavy (non-hydrogen) atoms. The SMILES string of the molecule is CCOC(C)OC/C(C)=C/CC/C(C)=C/CCCO. The quantitative estimate of drug-likeness (QED) is 0.352. The van der Waals surface area contributed by atoms with Crippen LogP contribution in [0.1, 0.15) is 53.4 Å². The van der Waals surface area contributed by atoms with Crippen LogP contribution in [0.15, 0.2) is 23.3 Å². The van der Waals surface area contributed by atoms with Gasteiger partial charge in [0.2, 0.25) is 0 Å². The van der Waals surface area contributed by atoms with Crippen molar-refractivity contribution in [1.29, 1.82) is 0 Å². The number of allylic oxidation sites excluding steroid dienone is 3. The maximum atomic E-state index is 8.71. The van der Waals surface area contributed by atoms with Crippen molar-refractivity contribution in [2.75, 3.05) is 19.8 Å². The van der Waals surface area contributed by atoms with E-state index >= 15 is 0 Å². The lowest BCUT2D eigenvalue weighted by molar-refractivity contribution is -0.120. The maximum absolute atomic E-state index is 8.71. The summed E-state index contributed by atoms with van der Waals surface area (Å²) in [5, 5.41) is 8.71. The molecule has 0 aliphatic rings. The zero-order valence-electron chi connectivity index (χ0n) is 12.9. The zero-order chi connectivity index (χ0) is 14.5. The standard InChI is InChI=1S/C16H30O3/c1-5-18-16(4)19-13-15(3)11-8-10-14(2)9-6-7-12-17/h9,11,16-17H,5-8,10,12-13H2,1-4H3/b14-9+,15-11+. The van der Waals surface area contributed by atoms with Crippen molar-refractivity contribution in [1.82, 2.24) is 0 Å². The van der Waals surface area contributed by atoms with Gasteiger partial charge in [0.1, 0.15) is 0 Å². The summed E-state index contributed by atoms with van der Waals surface area (Å²) in [6.07, 6.45) is 8.25. The second-order valence-electron chi connectivity index (χ2n) is 4.84. The molecule has 0 saturated carbocycles. The van der Waals surface area contributed by atoms with Gasteiger partial charge in [-0.1, -0.05) is 23.3 Å². The van der Waals surface area contributed by atoms with Gasteiger partial charge in [-0.15, -0.1) is 0 Å². The van der Waals surface area contributed by atoms with E-state index in [2.05, 4.69) is 26.0 Å². The molecular formula is C16H30O3. The number of aliphatic hydroxyl groups excluding tert-OH is 1. The summed E-state index contributed by atoms with van der Waals surface area (Å²) in [6.45, 7) is 9.71. The Morgan fingerprint density at radius 3 is 2.42 bits per heavy atom. The molecule has 0 fully saturated rings. The summed E-state index contributed by atoms with van der Waals surface area (Å²) in [7, 11) is 0. The van der Waals surface area contributed by atoms with Gasteiger partial charge in [0.05, 0.1) is 6.61 Å². The molecule has 1 unspecified atom stereocenters. The van der Waals surface area contributed by atoms with Gasteiger partial charge in [-0.3, -0.25) is 0 Å². The van der Waals surface area contributed by atoms with Gasteiger partial charge < -0.3 is 14.6 Å². The molecule has 3 nitrogen and oxygen atoms in total. The number of hydrogen-bond donors (Lipinski definition) is 1. The van der Waals surface area contributed by atoms with Crippen LogP contribution >= 0.6 is 0 Å². The lowest BCUT2D eigenvalue weighted by atomic mass is 10.1. The lowest BCUT2D eigenvalue weighted by Gasteiger charge is -2.12. The largest absolute Gasteiger partial charge is 0.396 e. The van der Waals surface area contributed by atoms with Crippen molar-refractivity contribution in [2.24, 2.45) is 0 Å². The van der Waals surface area contributed by atoms with Crippen LogP contribution in [0.5, 0.6) is 0 Å². The van der Waals surface area contributed by atoms with Crippen molar-refractivity contribution >= 4 is 0 Å².